The predicted octanol–water partition coefficient (Wildman–Crippen LogP) is 1.78. The van der Waals surface area contributed by atoms with Gasteiger partial charge in [0.1, 0.15) is 0 Å². The monoisotopic (exact) mass is 305 g/mol. The number of nitrogens with zero attached hydrogens (tertiary/aromatic N) is 1. The summed E-state index contributed by atoms with van der Waals surface area (Å²) in [4.78, 5) is 34.1. The number of hydrogen-bond donors (Lipinski definition) is 0. The summed E-state index contributed by atoms with van der Waals surface area (Å²) in [5.74, 6) is -1.09. The number of aromatic nitrogens is 1. The second-order valence-corrected chi connectivity index (χ2v) is 4.23. The smallest absolute Gasteiger partial charge is 0.417 e. The van der Waals surface area contributed by atoms with Gasteiger partial charge in [0.25, 0.3) is 5.56 Å². The van der Waals surface area contributed by atoms with E-state index in [1.165, 1.54) is 0 Å². The van der Waals surface area contributed by atoms with Crippen molar-refractivity contribution < 1.29 is 27.5 Å². The van der Waals surface area contributed by atoms with Crippen LogP contribution in [0.25, 0.3) is 0 Å². The quantitative estimate of drug-likeness (QED) is 0.751. The summed E-state index contributed by atoms with van der Waals surface area (Å²) in [7, 11) is 0. The normalized spacial score (nSPS) is 11.2. The third-order valence-corrected chi connectivity index (χ3v) is 2.57. The van der Waals surface area contributed by atoms with Crippen LogP contribution in [0.1, 0.15) is 25.3 Å². The predicted molar refractivity (Wildman–Crippen MR) is 66.6 cm³/mol. The second kappa shape index (κ2) is 7.05. The molecular weight excluding hydrogens is 291 g/mol. The molecule has 1 aromatic heterocycles. The van der Waals surface area contributed by atoms with E-state index in [1.807, 2.05) is 0 Å². The summed E-state index contributed by atoms with van der Waals surface area (Å²) >= 11 is 0. The van der Waals surface area contributed by atoms with Gasteiger partial charge in [0.05, 0.1) is 25.1 Å². The Labute approximate surface area is 118 Å². The summed E-state index contributed by atoms with van der Waals surface area (Å²) in [6.07, 6.45) is -4.37. The van der Waals surface area contributed by atoms with Crippen LogP contribution in [0.2, 0.25) is 0 Å². The van der Waals surface area contributed by atoms with E-state index >= 15 is 0 Å². The lowest BCUT2D eigenvalue weighted by Gasteiger charge is -2.10. The first kappa shape index (κ1) is 16.9. The van der Waals surface area contributed by atoms with E-state index in [4.69, 9.17) is 0 Å². The van der Waals surface area contributed by atoms with Gasteiger partial charge < -0.3 is 9.30 Å². The van der Waals surface area contributed by atoms with Crippen molar-refractivity contribution in [2.24, 2.45) is 0 Å². The lowest BCUT2D eigenvalue weighted by Crippen LogP contribution is -2.25. The van der Waals surface area contributed by atoms with Crippen molar-refractivity contribution in [1.82, 2.24) is 4.57 Å². The molecule has 0 bridgehead atoms. The molecule has 1 heterocycles. The summed E-state index contributed by atoms with van der Waals surface area (Å²) in [5.41, 5.74) is -1.73. The molecule has 1 rings (SSSR count). The third kappa shape index (κ3) is 5.41. The zero-order chi connectivity index (χ0) is 16.0. The number of pyridine rings is 1. The Kier molecular flexibility index (Phi) is 5.69. The standard InChI is InChI=1S/C13H14F3NO4/c1-2-21-12(20)6-4-10(18)8-17-7-9(13(14,15)16)3-5-11(17)19/h3,5,7H,2,4,6,8H2,1H3. The summed E-state index contributed by atoms with van der Waals surface area (Å²) in [6, 6.07) is 1.41. The Balaban J connectivity index is 2.72. The van der Waals surface area contributed by atoms with Gasteiger partial charge in [-0.25, -0.2) is 0 Å². The molecule has 0 aromatic carbocycles. The van der Waals surface area contributed by atoms with Crippen LogP contribution in [0, 0.1) is 0 Å². The molecule has 8 heteroatoms. The molecule has 0 aliphatic carbocycles. The molecule has 0 radical (unpaired) electrons. The lowest BCUT2D eigenvalue weighted by atomic mass is 10.2. The van der Waals surface area contributed by atoms with E-state index in [1.54, 1.807) is 6.92 Å². The number of esters is 1. The number of alkyl halides is 3. The number of Topliss-reactive ketones (excluding diaryl/α,β-unsaturated/α-hetero) is 1. The van der Waals surface area contributed by atoms with E-state index in [9.17, 15) is 27.6 Å². The number of carbonyl (C=O) groups excluding carboxylic acids is 2. The molecule has 0 amide bonds. The lowest BCUT2D eigenvalue weighted by molar-refractivity contribution is -0.144. The molecule has 0 aliphatic heterocycles. The Bertz CT molecular complexity index is 578. The topological polar surface area (TPSA) is 65.4 Å². The zero-order valence-electron chi connectivity index (χ0n) is 11.3. The summed E-state index contributed by atoms with van der Waals surface area (Å²) in [5, 5.41) is 0. The number of ether oxygens (including phenoxy) is 1. The van der Waals surface area contributed by atoms with Crippen LogP contribution in [0.15, 0.2) is 23.1 Å². The Morgan fingerprint density at radius 1 is 1.24 bits per heavy atom. The van der Waals surface area contributed by atoms with Crippen LogP contribution >= 0.6 is 0 Å². The van der Waals surface area contributed by atoms with E-state index in [0.29, 0.717) is 16.8 Å². The highest BCUT2D eigenvalue weighted by atomic mass is 19.4. The van der Waals surface area contributed by atoms with Crippen LogP contribution < -0.4 is 5.56 Å². The SMILES string of the molecule is CCOC(=O)CCC(=O)Cn1cc(C(F)(F)F)ccc1=O. The number of ketones is 1. The third-order valence-electron chi connectivity index (χ3n) is 2.57. The van der Waals surface area contributed by atoms with Gasteiger partial charge in [0.15, 0.2) is 5.78 Å². The van der Waals surface area contributed by atoms with Gasteiger partial charge in [-0.3, -0.25) is 14.4 Å². The molecule has 116 valence electrons. The molecular formula is C13H14F3NO4. The highest BCUT2D eigenvalue weighted by molar-refractivity contribution is 5.82. The highest BCUT2D eigenvalue weighted by Crippen LogP contribution is 2.27. The second-order valence-electron chi connectivity index (χ2n) is 4.23. The van der Waals surface area contributed by atoms with E-state index in [-0.39, 0.29) is 19.4 Å². The van der Waals surface area contributed by atoms with Crippen molar-refractivity contribution in [3.8, 4) is 0 Å². The molecule has 0 spiro atoms. The average molecular weight is 305 g/mol. The van der Waals surface area contributed by atoms with E-state index in [0.717, 1.165) is 6.07 Å². The van der Waals surface area contributed by atoms with Crippen LogP contribution in [-0.2, 0) is 27.0 Å². The molecule has 0 N–H and O–H groups in total. The average Bonchev–Trinajstić information content (AvgIpc) is 2.38. The first-order valence-corrected chi connectivity index (χ1v) is 6.19. The fraction of sp³-hybridized carbons (Fsp3) is 0.462. The zero-order valence-corrected chi connectivity index (χ0v) is 11.3. The summed E-state index contributed by atoms with van der Waals surface area (Å²) < 4.78 is 42.8. The molecule has 0 fully saturated rings. The molecule has 1 aromatic rings. The van der Waals surface area contributed by atoms with Gasteiger partial charge in [0.2, 0.25) is 0 Å². The summed E-state index contributed by atoms with van der Waals surface area (Å²) in [6.45, 7) is 1.28. The largest absolute Gasteiger partial charge is 0.466 e. The first-order chi connectivity index (χ1) is 9.74. The van der Waals surface area contributed by atoms with Crippen LogP contribution in [-0.4, -0.2) is 22.9 Å². The minimum atomic E-state index is -4.59. The molecule has 0 saturated heterocycles. The van der Waals surface area contributed by atoms with Crippen LogP contribution in [0.4, 0.5) is 13.2 Å². The van der Waals surface area contributed by atoms with Crippen molar-refractivity contribution >= 4 is 11.8 Å². The number of hydrogen-bond acceptors (Lipinski definition) is 4. The fourth-order valence-corrected chi connectivity index (χ4v) is 1.57. The molecule has 0 saturated carbocycles. The van der Waals surface area contributed by atoms with Crippen molar-refractivity contribution in [3.63, 3.8) is 0 Å². The van der Waals surface area contributed by atoms with Crippen LogP contribution in [0.3, 0.4) is 0 Å². The number of carbonyl (C=O) groups is 2. The van der Waals surface area contributed by atoms with Gasteiger partial charge in [-0.05, 0) is 13.0 Å². The molecule has 0 aliphatic rings. The maximum Gasteiger partial charge on any atom is 0.417 e. The van der Waals surface area contributed by atoms with Crippen molar-refractivity contribution in [2.45, 2.75) is 32.5 Å². The number of halogens is 3. The van der Waals surface area contributed by atoms with Gasteiger partial charge in [-0.2, -0.15) is 13.2 Å². The van der Waals surface area contributed by atoms with Crippen molar-refractivity contribution in [3.05, 3.63) is 34.2 Å². The molecule has 5 nitrogen and oxygen atoms in total. The Hall–Kier alpha value is -2.12. The Morgan fingerprint density at radius 3 is 2.48 bits per heavy atom. The van der Waals surface area contributed by atoms with Crippen molar-refractivity contribution in [2.75, 3.05) is 6.61 Å². The van der Waals surface area contributed by atoms with E-state index in [2.05, 4.69) is 4.74 Å². The first-order valence-electron chi connectivity index (χ1n) is 6.19. The van der Waals surface area contributed by atoms with E-state index < -0.39 is 35.6 Å². The minimum Gasteiger partial charge on any atom is -0.466 e. The van der Waals surface area contributed by atoms with Gasteiger partial charge in [0, 0.05) is 18.7 Å². The minimum absolute atomic E-state index is 0.166. The molecule has 0 unspecified atom stereocenters. The van der Waals surface area contributed by atoms with Crippen LogP contribution in [0.5, 0.6) is 0 Å². The maximum absolute atomic E-state index is 12.5. The highest BCUT2D eigenvalue weighted by Gasteiger charge is 2.31. The Morgan fingerprint density at radius 2 is 1.90 bits per heavy atom. The fourth-order valence-electron chi connectivity index (χ4n) is 1.57. The maximum atomic E-state index is 12.5. The molecule has 21 heavy (non-hydrogen) atoms. The number of rotatable bonds is 6. The van der Waals surface area contributed by atoms with Gasteiger partial charge in [-0.15, -0.1) is 0 Å². The van der Waals surface area contributed by atoms with Gasteiger partial charge in [-0.1, -0.05) is 0 Å². The van der Waals surface area contributed by atoms with Crippen molar-refractivity contribution in [1.29, 1.82) is 0 Å². The van der Waals surface area contributed by atoms with Gasteiger partial charge >= 0.3 is 12.1 Å². The molecule has 0 atom stereocenters.